The van der Waals surface area contributed by atoms with Crippen molar-refractivity contribution in [2.75, 3.05) is 19.8 Å². The van der Waals surface area contributed by atoms with Crippen LogP contribution in [0.1, 0.15) is 17.2 Å². The number of hydrogen-bond donors (Lipinski definition) is 1. The third kappa shape index (κ3) is 2.69. The SMILES string of the molecule is Cl.N#Cc1ccccc1[C@@H]1COCCN1. The Labute approximate surface area is 95.5 Å². The lowest BCUT2D eigenvalue weighted by atomic mass is 10.0. The fourth-order valence-electron chi connectivity index (χ4n) is 1.67. The summed E-state index contributed by atoms with van der Waals surface area (Å²) in [7, 11) is 0. The number of morpholine rings is 1. The summed E-state index contributed by atoms with van der Waals surface area (Å²) < 4.78 is 5.36. The Morgan fingerprint density at radius 2 is 2.20 bits per heavy atom. The minimum atomic E-state index is 0. The number of rotatable bonds is 1. The summed E-state index contributed by atoms with van der Waals surface area (Å²) in [5.41, 5.74) is 1.77. The quantitative estimate of drug-likeness (QED) is 0.789. The van der Waals surface area contributed by atoms with E-state index in [0.717, 1.165) is 24.3 Å². The van der Waals surface area contributed by atoms with Gasteiger partial charge in [0.05, 0.1) is 30.9 Å². The molecule has 0 unspecified atom stereocenters. The van der Waals surface area contributed by atoms with E-state index in [4.69, 9.17) is 10.00 Å². The van der Waals surface area contributed by atoms with Gasteiger partial charge >= 0.3 is 0 Å². The maximum atomic E-state index is 8.93. The molecule has 1 N–H and O–H groups in total. The third-order valence-corrected chi connectivity index (χ3v) is 2.38. The zero-order valence-corrected chi connectivity index (χ0v) is 9.09. The summed E-state index contributed by atoms with van der Waals surface area (Å²) in [4.78, 5) is 0. The van der Waals surface area contributed by atoms with Crippen LogP contribution in [0.4, 0.5) is 0 Å². The predicted molar refractivity (Wildman–Crippen MR) is 60.0 cm³/mol. The van der Waals surface area contributed by atoms with Crippen LogP contribution in [0.5, 0.6) is 0 Å². The van der Waals surface area contributed by atoms with Crippen molar-refractivity contribution in [2.45, 2.75) is 6.04 Å². The number of halogens is 1. The molecule has 1 aromatic carbocycles. The molecule has 0 aliphatic carbocycles. The molecule has 0 bridgehead atoms. The van der Waals surface area contributed by atoms with Crippen molar-refractivity contribution in [1.29, 1.82) is 5.26 Å². The van der Waals surface area contributed by atoms with E-state index in [1.807, 2.05) is 24.3 Å². The Bertz CT molecular complexity index is 356. The van der Waals surface area contributed by atoms with Crippen molar-refractivity contribution in [3.8, 4) is 6.07 Å². The maximum Gasteiger partial charge on any atom is 0.0995 e. The number of nitrogens with zero attached hydrogens (tertiary/aromatic N) is 1. The number of benzene rings is 1. The summed E-state index contributed by atoms with van der Waals surface area (Å²) in [5.74, 6) is 0. The van der Waals surface area contributed by atoms with Crippen molar-refractivity contribution in [1.82, 2.24) is 5.32 Å². The molecule has 1 atom stereocenters. The number of hydrogen-bond acceptors (Lipinski definition) is 3. The fourth-order valence-corrected chi connectivity index (χ4v) is 1.67. The number of nitrogens with one attached hydrogen (secondary N) is 1. The van der Waals surface area contributed by atoms with Crippen LogP contribution in [-0.4, -0.2) is 19.8 Å². The van der Waals surface area contributed by atoms with E-state index in [-0.39, 0.29) is 18.4 Å². The highest BCUT2D eigenvalue weighted by Crippen LogP contribution is 2.19. The summed E-state index contributed by atoms with van der Waals surface area (Å²) in [6.07, 6.45) is 0. The molecule has 0 radical (unpaired) electrons. The zero-order valence-electron chi connectivity index (χ0n) is 8.27. The van der Waals surface area contributed by atoms with Gasteiger partial charge in [-0.1, -0.05) is 18.2 Å². The van der Waals surface area contributed by atoms with Gasteiger partial charge in [0, 0.05) is 6.54 Å². The van der Waals surface area contributed by atoms with Gasteiger partial charge in [-0.15, -0.1) is 12.4 Å². The van der Waals surface area contributed by atoms with Crippen molar-refractivity contribution in [3.63, 3.8) is 0 Å². The van der Waals surface area contributed by atoms with Gasteiger partial charge in [-0.2, -0.15) is 5.26 Å². The second-order valence-electron chi connectivity index (χ2n) is 3.28. The first kappa shape index (κ1) is 12.0. The van der Waals surface area contributed by atoms with Crippen LogP contribution in [0.25, 0.3) is 0 Å². The Morgan fingerprint density at radius 1 is 1.40 bits per heavy atom. The number of ether oxygens (including phenoxy) is 1. The lowest BCUT2D eigenvalue weighted by molar-refractivity contribution is 0.0768. The minimum absolute atomic E-state index is 0. The molecule has 1 saturated heterocycles. The third-order valence-electron chi connectivity index (χ3n) is 2.38. The summed E-state index contributed by atoms with van der Waals surface area (Å²) in [5, 5.41) is 12.3. The van der Waals surface area contributed by atoms with Gasteiger partial charge in [-0.25, -0.2) is 0 Å². The van der Waals surface area contributed by atoms with Crippen LogP contribution in [0, 0.1) is 11.3 Å². The highest BCUT2D eigenvalue weighted by atomic mass is 35.5. The van der Waals surface area contributed by atoms with E-state index in [1.54, 1.807) is 0 Å². The first-order chi connectivity index (χ1) is 6.92. The van der Waals surface area contributed by atoms with Gasteiger partial charge in [-0.3, -0.25) is 0 Å². The summed E-state index contributed by atoms with van der Waals surface area (Å²) in [6, 6.07) is 10.0. The average Bonchev–Trinajstić information content (AvgIpc) is 2.30. The molecule has 80 valence electrons. The van der Waals surface area contributed by atoms with Crippen molar-refractivity contribution >= 4 is 12.4 Å². The molecule has 1 heterocycles. The summed E-state index contributed by atoms with van der Waals surface area (Å²) in [6.45, 7) is 2.26. The Hall–Kier alpha value is -1.08. The van der Waals surface area contributed by atoms with Crippen molar-refractivity contribution < 1.29 is 4.74 Å². The fraction of sp³-hybridized carbons (Fsp3) is 0.364. The van der Waals surface area contributed by atoms with E-state index in [2.05, 4.69) is 11.4 Å². The van der Waals surface area contributed by atoms with Crippen LogP contribution in [0.2, 0.25) is 0 Å². The highest BCUT2D eigenvalue weighted by molar-refractivity contribution is 5.85. The van der Waals surface area contributed by atoms with Gasteiger partial charge in [-0.05, 0) is 11.6 Å². The largest absolute Gasteiger partial charge is 0.378 e. The molecule has 15 heavy (non-hydrogen) atoms. The summed E-state index contributed by atoms with van der Waals surface area (Å²) >= 11 is 0. The molecular formula is C11H13ClN2O. The van der Waals surface area contributed by atoms with Crippen molar-refractivity contribution in [2.24, 2.45) is 0 Å². The Morgan fingerprint density at radius 3 is 2.87 bits per heavy atom. The zero-order chi connectivity index (χ0) is 9.80. The standard InChI is InChI=1S/C11H12N2O.ClH/c12-7-9-3-1-2-4-10(9)11-8-14-6-5-13-11;/h1-4,11,13H,5-6,8H2;1H/t11-;/m0./s1. The van der Waals surface area contributed by atoms with Gasteiger partial charge in [0.15, 0.2) is 0 Å². The molecule has 1 aliphatic heterocycles. The van der Waals surface area contributed by atoms with E-state index < -0.39 is 0 Å². The van der Waals surface area contributed by atoms with Crippen molar-refractivity contribution in [3.05, 3.63) is 35.4 Å². The van der Waals surface area contributed by atoms with Crippen LogP contribution in [-0.2, 0) is 4.74 Å². The molecule has 1 aliphatic rings. The molecule has 1 aromatic rings. The lowest BCUT2D eigenvalue weighted by Gasteiger charge is -2.24. The number of nitriles is 1. The van der Waals surface area contributed by atoms with Crippen LogP contribution in [0.15, 0.2) is 24.3 Å². The molecule has 1 fully saturated rings. The van der Waals surface area contributed by atoms with Crippen LogP contribution < -0.4 is 5.32 Å². The van der Waals surface area contributed by atoms with Gasteiger partial charge in [0.2, 0.25) is 0 Å². The maximum absolute atomic E-state index is 8.93. The molecule has 2 rings (SSSR count). The monoisotopic (exact) mass is 224 g/mol. The molecule has 0 aromatic heterocycles. The Balaban J connectivity index is 0.00000112. The van der Waals surface area contributed by atoms with Gasteiger partial charge < -0.3 is 10.1 Å². The molecule has 0 saturated carbocycles. The molecule has 0 amide bonds. The van der Waals surface area contributed by atoms with Gasteiger partial charge in [0.25, 0.3) is 0 Å². The first-order valence-corrected chi connectivity index (χ1v) is 4.72. The van der Waals surface area contributed by atoms with Gasteiger partial charge in [0.1, 0.15) is 0 Å². The topological polar surface area (TPSA) is 45.0 Å². The second kappa shape index (κ2) is 5.72. The molecule has 4 heteroatoms. The highest BCUT2D eigenvalue weighted by Gasteiger charge is 2.17. The average molecular weight is 225 g/mol. The molecule has 0 spiro atoms. The van der Waals surface area contributed by atoms with E-state index in [0.29, 0.717) is 6.61 Å². The lowest BCUT2D eigenvalue weighted by Crippen LogP contribution is -2.34. The Kier molecular flexibility index (Phi) is 4.57. The second-order valence-corrected chi connectivity index (χ2v) is 3.28. The predicted octanol–water partition coefficient (Wildman–Crippen LogP) is 1.64. The normalized spacial score (nSPS) is 20.1. The van der Waals surface area contributed by atoms with Crippen LogP contribution in [0.3, 0.4) is 0 Å². The minimum Gasteiger partial charge on any atom is -0.378 e. The van der Waals surface area contributed by atoms with E-state index in [9.17, 15) is 0 Å². The molecule has 3 nitrogen and oxygen atoms in total. The molecular weight excluding hydrogens is 212 g/mol. The van der Waals surface area contributed by atoms with E-state index >= 15 is 0 Å². The first-order valence-electron chi connectivity index (χ1n) is 4.72. The van der Waals surface area contributed by atoms with Crippen LogP contribution >= 0.6 is 12.4 Å². The smallest absolute Gasteiger partial charge is 0.0995 e. The van der Waals surface area contributed by atoms with E-state index in [1.165, 1.54) is 0 Å².